The summed E-state index contributed by atoms with van der Waals surface area (Å²) in [5, 5.41) is 11.0. The number of ketones is 1. The Labute approximate surface area is 173 Å². The van der Waals surface area contributed by atoms with E-state index in [2.05, 4.69) is 0 Å². The van der Waals surface area contributed by atoms with Crippen LogP contribution in [0.1, 0.15) is 44.6 Å². The summed E-state index contributed by atoms with van der Waals surface area (Å²) in [5.74, 6) is -1.18. The summed E-state index contributed by atoms with van der Waals surface area (Å²) in [6.07, 6.45) is 0.883. The summed E-state index contributed by atoms with van der Waals surface area (Å²) < 4.78 is 13.9. The van der Waals surface area contributed by atoms with Crippen LogP contribution in [0, 0.1) is 21.3 Å². The summed E-state index contributed by atoms with van der Waals surface area (Å²) in [5.41, 5.74) is 1.83. The molecule has 1 aliphatic carbocycles. The summed E-state index contributed by atoms with van der Waals surface area (Å²) in [6.45, 7) is 3.94. The largest absolute Gasteiger partial charge is 0.294 e. The van der Waals surface area contributed by atoms with E-state index in [9.17, 15) is 24.1 Å². The van der Waals surface area contributed by atoms with Gasteiger partial charge in [0.25, 0.3) is 5.69 Å². The highest BCUT2D eigenvalue weighted by molar-refractivity contribution is 6.07. The van der Waals surface area contributed by atoms with Crippen molar-refractivity contribution in [1.82, 2.24) is 0 Å². The Morgan fingerprint density at radius 3 is 2.43 bits per heavy atom. The number of anilines is 1. The van der Waals surface area contributed by atoms with Crippen molar-refractivity contribution in [1.29, 1.82) is 0 Å². The SMILES string of the molecule is CC1(C)CC(=O)C2=C(C1)N(c1ccc([N+](=O)[O-])cc1)C(=O)CC2c1cccc(F)c1. The molecule has 6 nitrogen and oxygen atoms in total. The monoisotopic (exact) mass is 408 g/mol. The quantitative estimate of drug-likeness (QED) is 0.535. The Kier molecular flexibility index (Phi) is 4.76. The number of non-ortho nitro benzene ring substituents is 1. The highest BCUT2D eigenvalue weighted by Gasteiger charge is 2.44. The molecule has 0 radical (unpaired) electrons. The topological polar surface area (TPSA) is 80.5 Å². The normalized spacial score (nSPS) is 20.9. The fraction of sp³-hybridized carbons (Fsp3) is 0.304. The van der Waals surface area contributed by atoms with Gasteiger partial charge in [-0.2, -0.15) is 0 Å². The highest BCUT2D eigenvalue weighted by atomic mass is 19.1. The molecular weight excluding hydrogens is 387 g/mol. The van der Waals surface area contributed by atoms with E-state index in [-0.39, 0.29) is 29.2 Å². The van der Waals surface area contributed by atoms with Crippen LogP contribution in [-0.4, -0.2) is 16.6 Å². The smallest absolute Gasteiger partial charge is 0.269 e. The van der Waals surface area contributed by atoms with E-state index in [4.69, 9.17) is 0 Å². The Hall–Kier alpha value is -3.35. The number of halogens is 1. The predicted octanol–water partition coefficient (Wildman–Crippen LogP) is 4.90. The molecule has 0 fully saturated rings. The average molecular weight is 408 g/mol. The first-order chi connectivity index (χ1) is 14.2. The first-order valence-electron chi connectivity index (χ1n) is 9.75. The summed E-state index contributed by atoms with van der Waals surface area (Å²) in [4.78, 5) is 38.4. The van der Waals surface area contributed by atoms with Crippen LogP contribution >= 0.6 is 0 Å². The zero-order valence-corrected chi connectivity index (χ0v) is 16.7. The molecule has 2 aromatic carbocycles. The number of nitrogens with zero attached hydrogens (tertiary/aromatic N) is 2. The van der Waals surface area contributed by atoms with Gasteiger partial charge in [-0.15, -0.1) is 0 Å². The molecule has 0 saturated heterocycles. The van der Waals surface area contributed by atoms with Gasteiger partial charge < -0.3 is 0 Å². The number of hydrogen-bond acceptors (Lipinski definition) is 4. The molecule has 2 aliphatic rings. The van der Waals surface area contributed by atoms with Gasteiger partial charge >= 0.3 is 0 Å². The number of nitro benzene ring substituents is 1. The molecule has 154 valence electrons. The van der Waals surface area contributed by atoms with E-state index in [0.717, 1.165) is 0 Å². The number of nitro groups is 1. The molecule has 0 N–H and O–H groups in total. The second kappa shape index (κ2) is 7.16. The Bertz CT molecular complexity index is 1090. The fourth-order valence-corrected chi connectivity index (χ4v) is 4.45. The Balaban J connectivity index is 1.87. The predicted molar refractivity (Wildman–Crippen MR) is 109 cm³/mol. The third kappa shape index (κ3) is 3.51. The molecule has 1 aliphatic heterocycles. The first kappa shape index (κ1) is 19.9. The van der Waals surface area contributed by atoms with Crippen LogP contribution in [0.4, 0.5) is 15.8 Å². The van der Waals surface area contributed by atoms with Gasteiger partial charge in [0.05, 0.1) is 4.92 Å². The van der Waals surface area contributed by atoms with Crippen molar-refractivity contribution in [2.24, 2.45) is 5.41 Å². The van der Waals surface area contributed by atoms with Crippen molar-refractivity contribution in [2.75, 3.05) is 4.90 Å². The minimum absolute atomic E-state index is 0.0332. The minimum atomic E-state index is -0.500. The number of Topliss-reactive ketones (excluding diaryl/α,β-unsaturated/α-hetero) is 1. The van der Waals surface area contributed by atoms with Crippen molar-refractivity contribution in [3.05, 3.63) is 81.3 Å². The zero-order chi connectivity index (χ0) is 21.6. The summed E-state index contributed by atoms with van der Waals surface area (Å²) in [6, 6.07) is 11.8. The summed E-state index contributed by atoms with van der Waals surface area (Å²) >= 11 is 0. The second-order valence-electron chi connectivity index (χ2n) is 8.62. The number of benzene rings is 2. The molecule has 1 heterocycles. The van der Waals surface area contributed by atoms with Crippen LogP contribution in [0.25, 0.3) is 0 Å². The maximum atomic E-state index is 13.9. The van der Waals surface area contributed by atoms with Gasteiger partial charge in [-0.25, -0.2) is 4.39 Å². The maximum Gasteiger partial charge on any atom is 0.269 e. The number of amides is 1. The standard InChI is InChI=1S/C23H21FN2O4/c1-23(2)12-19-22(20(27)13-23)18(14-4-3-5-15(24)10-14)11-21(28)25(19)16-6-8-17(9-7-16)26(29)30/h3-10,18H,11-13H2,1-2H3. The fourth-order valence-electron chi connectivity index (χ4n) is 4.45. The van der Waals surface area contributed by atoms with Crippen LogP contribution in [0.2, 0.25) is 0 Å². The van der Waals surface area contributed by atoms with Crippen LogP contribution < -0.4 is 4.90 Å². The van der Waals surface area contributed by atoms with Crippen LogP contribution in [0.15, 0.2) is 59.8 Å². The van der Waals surface area contributed by atoms with Gasteiger partial charge in [0.2, 0.25) is 5.91 Å². The van der Waals surface area contributed by atoms with Crippen molar-refractivity contribution in [3.63, 3.8) is 0 Å². The highest BCUT2D eigenvalue weighted by Crippen LogP contribution is 2.48. The molecule has 0 spiro atoms. The maximum absolute atomic E-state index is 13.9. The Morgan fingerprint density at radius 1 is 1.10 bits per heavy atom. The van der Waals surface area contributed by atoms with Gasteiger partial charge in [-0.3, -0.25) is 24.6 Å². The number of hydrogen-bond donors (Lipinski definition) is 0. The van der Waals surface area contributed by atoms with Gasteiger partial charge in [0.1, 0.15) is 5.82 Å². The third-order valence-electron chi connectivity index (χ3n) is 5.71. The molecular formula is C23H21FN2O4. The molecule has 1 unspecified atom stereocenters. The number of carbonyl (C=O) groups excluding carboxylic acids is 2. The van der Waals surface area contributed by atoms with Gasteiger partial charge in [0, 0.05) is 47.8 Å². The lowest BCUT2D eigenvalue weighted by atomic mass is 9.69. The molecule has 0 bridgehead atoms. The molecule has 0 aromatic heterocycles. The van der Waals surface area contributed by atoms with E-state index in [1.807, 2.05) is 13.8 Å². The number of allylic oxidation sites excluding steroid dienone is 2. The lowest BCUT2D eigenvalue weighted by molar-refractivity contribution is -0.384. The lowest BCUT2D eigenvalue weighted by Gasteiger charge is -2.43. The van der Waals surface area contributed by atoms with E-state index in [0.29, 0.717) is 35.4 Å². The van der Waals surface area contributed by atoms with Crippen LogP contribution in [0.5, 0.6) is 0 Å². The van der Waals surface area contributed by atoms with Crippen molar-refractivity contribution in [2.45, 2.75) is 39.0 Å². The van der Waals surface area contributed by atoms with E-state index < -0.39 is 16.7 Å². The minimum Gasteiger partial charge on any atom is -0.294 e. The van der Waals surface area contributed by atoms with Crippen molar-refractivity contribution < 1.29 is 18.9 Å². The molecule has 0 saturated carbocycles. The van der Waals surface area contributed by atoms with Gasteiger partial charge in [0.15, 0.2) is 5.78 Å². The number of rotatable bonds is 3. The van der Waals surface area contributed by atoms with Crippen LogP contribution in [-0.2, 0) is 9.59 Å². The average Bonchev–Trinajstić information content (AvgIpc) is 2.66. The molecule has 7 heteroatoms. The van der Waals surface area contributed by atoms with E-state index >= 15 is 0 Å². The van der Waals surface area contributed by atoms with E-state index in [1.54, 1.807) is 12.1 Å². The van der Waals surface area contributed by atoms with Crippen molar-refractivity contribution >= 4 is 23.1 Å². The Morgan fingerprint density at radius 2 is 1.80 bits per heavy atom. The second-order valence-corrected chi connectivity index (χ2v) is 8.62. The van der Waals surface area contributed by atoms with Crippen molar-refractivity contribution in [3.8, 4) is 0 Å². The molecule has 4 rings (SSSR count). The van der Waals surface area contributed by atoms with Crippen LogP contribution in [0.3, 0.4) is 0 Å². The van der Waals surface area contributed by atoms with E-state index in [1.165, 1.54) is 41.3 Å². The molecule has 1 amide bonds. The molecule has 1 atom stereocenters. The zero-order valence-electron chi connectivity index (χ0n) is 16.7. The third-order valence-corrected chi connectivity index (χ3v) is 5.71. The molecule has 30 heavy (non-hydrogen) atoms. The summed E-state index contributed by atoms with van der Waals surface area (Å²) in [7, 11) is 0. The molecule has 2 aromatic rings. The first-order valence-corrected chi connectivity index (χ1v) is 9.75. The van der Waals surface area contributed by atoms with Gasteiger partial charge in [-0.05, 0) is 41.7 Å². The lowest BCUT2D eigenvalue weighted by Crippen LogP contribution is -2.43. The number of carbonyl (C=O) groups is 2. The van der Waals surface area contributed by atoms with Gasteiger partial charge in [-0.1, -0.05) is 26.0 Å².